The lowest BCUT2D eigenvalue weighted by Crippen LogP contribution is -2.24. The maximum Gasteiger partial charge on any atom is 0.303 e. The number of carboxylic acid groups (broad SMARTS) is 1. The van der Waals surface area contributed by atoms with Crippen molar-refractivity contribution < 1.29 is 30.0 Å². The Morgan fingerprint density at radius 1 is 1.07 bits per heavy atom. The molecule has 4 N–H and O–H groups in total. The second-order valence-electron chi connectivity index (χ2n) is 6.92. The molecule has 0 aromatic heterocycles. The third-order valence-corrected chi connectivity index (χ3v) is 4.52. The number of rotatable bonds is 13. The van der Waals surface area contributed by atoms with Crippen molar-refractivity contribution >= 4 is 5.97 Å². The van der Waals surface area contributed by atoms with Gasteiger partial charge in [-0.2, -0.15) is 0 Å². The van der Waals surface area contributed by atoms with Crippen LogP contribution in [0, 0.1) is 0 Å². The van der Waals surface area contributed by atoms with Gasteiger partial charge in [0.05, 0.1) is 30.5 Å². The molecule has 1 rings (SSSR count). The Labute approximate surface area is 167 Å². The second-order valence-corrected chi connectivity index (χ2v) is 6.92. The zero-order valence-corrected chi connectivity index (χ0v) is 16.6. The normalized spacial score (nSPS) is 25.5. The molecule has 28 heavy (non-hydrogen) atoms. The van der Waals surface area contributed by atoms with Gasteiger partial charge in [-0.25, -0.2) is 0 Å². The second kappa shape index (κ2) is 14.3. The Bertz CT molecular complexity index is 551. The smallest absolute Gasteiger partial charge is 0.303 e. The first-order valence-corrected chi connectivity index (χ1v) is 9.98. The summed E-state index contributed by atoms with van der Waals surface area (Å²) in [5.74, 6) is -0.783. The molecule has 1 aliphatic heterocycles. The summed E-state index contributed by atoms with van der Waals surface area (Å²) < 4.78 is 5.75. The van der Waals surface area contributed by atoms with Gasteiger partial charge in [0.1, 0.15) is 0 Å². The van der Waals surface area contributed by atoms with Gasteiger partial charge in [-0.15, -0.1) is 0 Å². The fraction of sp³-hybridized carbons (Fsp3) is 0.591. The van der Waals surface area contributed by atoms with E-state index in [0.29, 0.717) is 25.7 Å². The highest BCUT2D eigenvalue weighted by Crippen LogP contribution is 2.26. The van der Waals surface area contributed by atoms with Gasteiger partial charge in [-0.3, -0.25) is 4.79 Å². The van der Waals surface area contributed by atoms with Crippen LogP contribution in [0.3, 0.4) is 0 Å². The first kappa shape index (κ1) is 24.3. The summed E-state index contributed by atoms with van der Waals surface area (Å²) in [5.41, 5.74) is 0. The van der Waals surface area contributed by atoms with Crippen LogP contribution >= 0.6 is 0 Å². The molecule has 0 saturated carbocycles. The van der Waals surface area contributed by atoms with E-state index in [1.54, 1.807) is 6.08 Å². The highest BCUT2D eigenvalue weighted by molar-refractivity contribution is 5.66. The number of aliphatic carboxylic acids is 1. The van der Waals surface area contributed by atoms with E-state index in [9.17, 15) is 20.1 Å². The van der Waals surface area contributed by atoms with Gasteiger partial charge in [0.2, 0.25) is 0 Å². The number of ether oxygens (including phenoxy) is 1. The molecule has 1 aliphatic rings. The zero-order chi connectivity index (χ0) is 20.8. The molecule has 1 fully saturated rings. The van der Waals surface area contributed by atoms with E-state index < -0.39 is 30.4 Å². The van der Waals surface area contributed by atoms with Crippen molar-refractivity contribution in [3.8, 4) is 0 Å². The molecule has 0 spiro atoms. The summed E-state index contributed by atoms with van der Waals surface area (Å²) in [7, 11) is 0. The number of hydrogen-bond donors (Lipinski definition) is 4. The van der Waals surface area contributed by atoms with Crippen molar-refractivity contribution in [3.63, 3.8) is 0 Å². The number of carbonyl (C=O) groups is 1. The zero-order valence-electron chi connectivity index (χ0n) is 16.6. The van der Waals surface area contributed by atoms with Gasteiger partial charge in [0, 0.05) is 12.8 Å². The van der Waals surface area contributed by atoms with Crippen LogP contribution < -0.4 is 0 Å². The van der Waals surface area contributed by atoms with Crippen LogP contribution in [-0.4, -0.2) is 56.9 Å². The van der Waals surface area contributed by atoms with Gasteiger partial charge in [-0.05, 0) is 32.1 Å². The average molecular weight is 395 g/mol. The number of carboxylic acids is 1. The molecule has 0 bridgehead atoms. The molecule has 1 heterocycles. The summed E-state index contributed by atoms with van der Waals surface area (Å²) >= 11 is 0. The maximum atomic E-state index is 10.4. The summed E-state index contributed by atoms with van der Waals surface area (Å²) in [5, 5.41) is 38.2. The molecule has 6 nitrogen and oxygen atoms in total. The first-order valence-electron chi connectivity index (χ1n) is 9.98. The molecule has 158 valence electrons. The lowest BCUT2D eigenvalue weighted by molar-refractivity contribution is -0.136. The quantitative estimate of drug-likeness (QED) is 0.358. The molecule has 5 atom stereocenters. The summed E-state index contributed by atoms with van der Waals surface area (Å²) in [6.07, 6.45) is 15.9. The molecule has 0 radical (unpaired) electrons. The van der Waals surface area contributed by atoms with Crippen molar-refractivity contribution in [2.75, 3.05) is 0 Å². The van der Waals surface area contributed by atoms with Crippen LogP contribution in [0.5, 0.6) is 0 Å². The van der Waals surface area contributed by atoms with Gasteiger partial charge in [-0.1, -0.05) is 55.5 Å². The fourth-order valence-electron chi connectivity index (χ4n) is 2.79. The monoisotopic (exact) mass is 394 g/mol. The van der Waals surface area contributed by atoms with E-state index in [1.807, 2.05) is 43.4 Å². The van der Waals surface area contributed by atoms with Crippen LogP contribution in [0.4, 0.5) is 0 Å². The highest BCUT2D eigenvalue weighted by atomic mass is 16.5. The van der Waals surface area contributed by atoms with Gasteiger partial charge < -0.3 is 25.2 Å². The molecule has 0 unspecified atom stereocenters. The van der Waals surface area contributed by atoms with Crippen LogP contribution in [0.1, 0.15) is 51.9 Å². The minimum absolute atomic E-state index is 0.160. The van der Waals surface area contributed by atoms with Crippen LogP contribution in [-0.2, 0) is 9.53 Å². The number of hydrogen-bond acceptors (Lipinski definition) is 5. The van der Waals surface area contributed by atoms with Gasteiger partial charge >= 0.3 is 5.97 Å². The van der Waals surface area contributed by atoms with E-state index in [4.69, 9.17) is 9.84 Å². The minimum Gasteiger partial charge on any atom is -0.481 e. The molecule has 0 aliphatic carbocycles. The first-order chi connectivity index (χ1) is 13.4. The minimum atomic E-state index is -0.837. The van der Waals surface area contributed by atoms with Crippen molar-refractivity contribution in [1.29, 1.82) is 0 Å². The Kier molecular flexibility index (Phi) is 12.4. The van der Waals surface area contributed by atoms with E-state index >= 15 is 0 Å². The molecule has 0 amide bonds. The van der Waals surface area contributed by atoms with Crippen molar-refractivity contribution in [2.24, 2.45) is 0 Å². The fourth-order valence-corrected chi connectivity index (χ4v) is 2.79. The van der Waals surface area contributed by atoms with Gasteiger partial charge in [0.15, 0.2) is 0 Å². The Balaban J connectivity index is 2.23. The van der Waals surface area contributed by atoms with E-state index in [1.165, 1.54) is 6.08 Å². The largest absolute Gasteiger partial charge is 0.481 e. The molecule has 1 saturated heterocycles. The Morgan fingerprint density at radius 3 is 2.36 bits per heavy atom. The van der Waals surface area contributed by atoms with Crippen molar-refractivity contribution in [3.05, 3.63) is 48.6 Å². The van der Waals surface area contributed by atoms with Crippen molar-refractivity contribution in [2.45, 2.75) is 82.4 Å². The maximum absolute atomic E-state index is 10.4. The number of aliphatic hydroxyl groups excluding tert-OH is 3. The predicted octanol–water partition coefficient (Wildman–Crippen LogP) is 2.90. The lowest BCUT2D eigenvalue weighted by Gasteiger charge is -2.16. The Hall–Kier alpha value is -1.73. The van der Waals surface area contributed by atoms with E-state index in [-0.39, 0.29) is 12.5 Å². The summed E-state index contributed by atoms with van der Waals surface area (Å²) in [6, 6.07) is 0. The summed E-state index contributed by atoms with van der Waals surface area (Å²) in [4.78, 5) is 10.4. The van der Waals surface area contributed by atoms with Crippen LogP contribution in [0.2, 0.25) is 0 Å². The number of allylic oxidation sites excluding steroid dienone is 5. The topological polar surface area (TPSA) is 107 Å². The third-order valence-electron chi connectivity index (χ3n) is 4.52. The van der Waals surface area contributed by atoms with E-state index in [0.717, 1.165) is 12.8 Å². The van der Waals surface area contributed by atoms with Crippen molar-refractivity contribution in [1.82, 2.24) is 0 Å². The summed E-state index contributed by atoms with van der Waals surface area (Å²) in [6.45, 7) is 1.86. The Morgan fingerprint density at radius 2 is 1.71 bits per heavy atom. The van der Waals surface area contributed by atoms with Crippen LogP contribution in [0.25, 0.3) is 0 Å². The van der Waals surface area contributed by atoms with Gasteiger partial charge in [0.25, 0.3) is 0 Å². The lowest BCUT2D eigenvalue weighted by atomic mass is 10.0. The van der Waals surface area contributed by atoms with E-state index in [2.05, 4.69) is 0 Å². The molecule has 0 aromatic carbocycles. The van der Waals surface area contributed by atoms with Crippen LogP contribution in [0.15, 0.2) is 48.6 Å². The molecular weight excluding hydrogens is 360 g/mol. The predicted molar refractivity (Wildman–Crippen MR) is 109 cm³/mol. The number of aliphatic hydroxyl groups is 3. The third kappa shape index (κ3) is 10.6. The highest BCUT2D eigenvalue weighted by Gasteiger charge is 2.36. The average Bonchev–Trinajstić information content (AvgIpc) is 3.04. The molecular formula is C22H34O6. The SMILES string of the molecule is CC[C@@H](O)/C=C/[C@H](O)[C@@H]1C[C@@H](O)[C@H](C/C=C\C/C=C\C/C=C\CCC(=O)O)O1. The molecule has 0 aromatic rings. The standard InChI is InChI=1S/C22H34O6/c1-2-17(23)14-15-18(24)21-16-19(25)20(28-21)12-10-8-6-4-3-5-7-9-11-13-22(26)27/h3-4,7-10,14-15,17-21,23-25H,2,5-6,11-13,16H2,1H3,(H,26,27)/b4-3-,9-7-,10-8-,15-14+/t17-,18+,19-,20+,21+/m1/s1. The molecule has 6 heteroatoms.